The van der Waals surface area contributed by atoms with Crippen molar-refractivity contribution >= 4 is 27.3 Å². The number of aromatic nitrogens is 4. The monoisotopic (exact) mass is 379 g/mol. The Labute approximate surface area is 159 Å². The first-order valence-corrected chi connectivity index (χ1v) is 9.34. The molecule has 0 saturated carbocycles. The average Bonchev–Trinajstić information content (AvgIpc) is 3.27. The van der Waals surface area contributed by atoms with Crippen molar-refractivity contribution in [3.05, 3.63) is 60.2 Å². The molecule has 8 heteroatoms. The third-order valence-electron chi connectivity index (χ3n) is 3.98. The van der Waals surface area contributed by atoms with Crippen LogP contribution < -0.4 is 10.1 Å². The van der Waals surface area contributed by atoms with E-state index in [1.165, 1.54) is 11.3 Å². The van der Waals surface area contributed by atoms with E-state index in [0.717, 1.165) is 23.3 Å². The molecule has 0 spiro atoms. The molecule has 4 aromatic rings. The first-order chi connectivity index (χ1) is 13.2. The molecule has 2 aromatic carbocycles. The van der Waals surface area contributed by atoms with Crippen molar-refractivity contribution in [2.24, 2.45) is 0 Å². The number of rotatable bonds is 6. The van der Waals surface area contributed by atoms with Gasteiger partial charge in [0.05, 0.1) is 0 Å². The van der Waals surface area contributed by atoms with Gasteiger partial charge in [0.25, 0.3) is 5.91 Å². The summed E-state index contributed by atoms with van der Waals surface area (Å²) in [5.41, 5.74) is 1.98. The fraction of sp³-hybridized carbons (Fsp3) is 0.158. The predicted molar refractivity (Wildman–Crippen MR) is 104 cm³/mol. The van der Waals surface area contributed by atoms with Gasteiger partial charge in [-0.05, 0) is 18.1 Å². The Hall–Kier alpha value is -3.26. The minimum Gasteiger partial charge on any atom is -0.483 e. The second-order valence-corrected chi connectivity index (χ2v) is 6.75. The molecular formula is C19H17N5O2S. The average molecular weight is 379 g/mol. The number of amides is 1. The highest BCUT2D eigenvalue weighted by Gasteiger charge is 2.15. The van der Waals surface area contributed by atoms with Crippen molar-refractivity contribution < 1.29 is 9.53 Å². The first-order valence-electron chi connectivity index (χ1n) is 8.53. The van der Waals surface area contributed by atoms with Crippen molar-refractivity contribution in [2.45, 2.75) is 13.3 Å². The highest BCUT2D eigenvalue weighted by molar-refractivity contribution is 7.20. The van der Waals surface area contributed by atoms with Crippen molar-refractivity contribution in [1.82, 2.24) is 19.8 Å². The van der Waals surface area contributed by atoms with E-state index in [1.807, 2.05) is 61.5 Å². The number of para-hydroxylation sites is 1. The van der Waals surface area contributed by atoms with Crippen LogP contribution in [0.25, 0.3) is 16.3 Å². The summed E-state index contributed by atoms with van der Waals surface area (Å²) in [6.07, 6.45) is 0.844. The van der Waals surface area contributed by atoms with Crippen LogP contribution in [0.4, 0.5) is 5.13 Å². The summed E-state index contributed by atoms with van der Waals surface area (Å²) in [4.78, 5) is 12.8. The Morgan fingerprint density at radius 1 is 1.11 bits per heavy atom. The topological polar surface area (TPSA) is 81.4 Å². The van der Waals surface area contributed by atoms with Crippen molar-refractivity contribution in [3.8, 4) is 17.1 Å². The molecule has 2 heterocycles. The quantitative estimate of drug-likeness (QED) is 0.555. The van der Waals surface area contributed by atoms with Gasteiger partial charge in [0.2, 0.25) is 10.1 Å². The lowest BCUT2D eigenvalue weighted by Gasteiger charge is -2.09. The van der Waals surface area contributed by atoms with Crippen LogP contribution in [0.15, 0.2) is 54.6 Å². The molecule has 1 N–H and O–H groups in total. The van der Waals surface area contributed by atoms with Gasteiger partial charge in [0.1, 0.15) is 5.75 Å². The van der Waals surface area contributed by atoms with Crippen LogP contribution in [0.3, 0.4) is 0 Å². The molecule has 0 bridgehead atoms. The van der Waals surface area contributed by atoms with Crippen LogP contribution in [0, 0.1) is 0 Å². The number of nitrogens with one attached hydrogen (secondary N) is 1. The molecule has 0 saturated heterocycles. The lowest BCUT2D eigenvalue weighted by molar-refractivity contribution is -0.118. The molecule has 0 atom stereocenters. The van der Waals surface area contributed by atoms with Crippen LogP contribution in [0.2, 0.25) is 0 Å². The van der Waals surface area contributed by atoms with Crippen molar-refractivity contribution in [2.75, 3.05) is 11.9 Å². The zero-order valence-electron chi connectivity index (χ0n) is 14.6. The molecule has 0 unspecified atom stereocenters. The number of fused-ring (bicyclic) bond motifs is 1. The van der Waals surface area contributed by atoms with Gasteiger partial charge in [-0.2, -0.15) is 4.52 Å². The highest BCUT2D eigenvalue weighted by Crippen LogP contribution is 2.24. The van der Waals surface area contributed by atoms with Gasteiger partial charge in [-0.15, -0.1) is 15.3 Å². The van der Waals surface area contributed by atoms with Gasteiger partial charge in [0.15, 0.2) is 12.4 Å². The Morgan fingerprint density at radius 2 is 1.89 bits per heavy atom. The van der Waals surface area contributed by atoms with Gasteiger partial charge in [0, 0.05) is 5.56 Å². The second kappa shape index (κ2) is 7.55. The molecule has 7 nitrogen and oxygen atoms in total. The molecule has 0 aliphatic heterocycles. The van der Waals surface area contributed by atoms with Gasteiger partial charge in [-0.3, -0.25) is 10.1 Å². The Balaban J connectivity index is 1.46. The number of aryl methyl sites for hydroxylation is 1. The summed E-state index contributed by atoms with van der Waals surface area (Å²) in [6, 6.07) is 17.4. The fourth-order valence-electron chi connectivity index (χ4n) is 2.67. The normalized spacial score (nSPS) is 10.9. The summed E-state index contributed by atoms with van der Waals surface area (Å²) >= 11 is 1.26. The maximum Gasteiger partial charge on any atom is 0.264 e. The van der Waals surface area contributed by atoms with E-state index in [2.05, 4.69) is 20.6 Å². The maximum absolute atomic E-state index is 12.2. The predicted octanol–water partition coefficient (Wildman–Crippen LogP) is 3.43. The maximum atomic E-state index is 12.2. The number of benzene rings is 2. The Kier molecular flexibility index (Phi) is 4.80. The summed E-state index contributed by atoms with van der Waals surface area (Å²) < 4.78 is 7.27. The minimum absolute atomic E-state index is 0.0807. The molecule has 2 aromatic heterocycles. The van der Waals surface area contributed by atoms with E-state index < -0.39 is 0 Å². The fourth-order valence-corrected chi connectivity index (χ4v) is 3.43. The van der Waals surface area contributed by atoms with E-state index in [4.69, 9.17) is 4.74 Å². The van der Waals surface area contributed by atoms with Crippen LogP contribution in [0.1, 0.15) is 12.5 Å². The number of ether oxygens (including phenoxy) is 1. The number of hydrogen-bond acceptors (Lipinski definition) is 6. The SMILES string of the molecule is CCc1ccccc1OCC(=O)Nc1nn2c(-c3ccccc3)nnc2s1. The Bertz CT molecular complexity index is 1070. The smallest absolute Gasteiger partial charge is 0.264 e. The number of nitrogens with zero attached hydrogens (tertiary/aromatic N) is 4. The number of anilines is 1. The summed E-state index contributed by atoms with van der Waals surface area (Å²) in [6.45, 7) is 1.97. The van der Waals surface area contributed by atoms with Crippen molar-refractivity contribution in [3.63, 3.8) is 0 Å². The van der Waals surface area contributed by atoms with E-state index >= 15 is 0 Å². The number of carbonyl (C=O) groups is 1. The number of carbonyl (C=O) groups excluding carboxylic acids is 1. The van der Waals surface area contributed by atoms with Gasteiger partial charge in [-0.1, -0.05) is 66.8 Å². The molecule has 136 valence electrons. The molecule has 0 fully saturated rings. The van der Waals surface area contributed by atoms with Crippen LogP contribution in [-0.4, -0.2) is 32.3 Å². The third kappa shape index (κ3) is 3.65. The third-order valence-corrected chi connectivity index (χ3v) is 4.80. The Morgan fingerprint density at radius 3 is 2.70 bits per heavy atom. The first kappa shape index (κ1) is 17.2. The zero-order chi connectivity index (χ0) is 18.6. The lowest BCUT2D eigenvalue weighted by atomic mass is 10.1. The second-order valence-electron chi connectivity index (χ2n) is 5.79. The standard InChI is InChI=1S/C19H17N5O2S/c1-2-13-8-6-7-11-15(13)26-12-16(25)20-18-23-24-17(21-22-19(24)27-18)14-9-4-3-5-10-14/h3-11H,2,12H2,1H3,(H,20,23,25). The van der Waals surface area contributed by atoms with E-state index in [-0.39, 0.29) is 12.5 Å². The lowest BCUT2D eigenvalue weighted by Crippen LogP contribution is -2.20. The van der Waals surface area contributed by atoms with E-state index in [1.54, 1.807) is 4.52 Å². The van der Waals surface area contributed by atoms with Crippen LogP contribution in [-0.2, 0) is 11.2 Å². The van der Waals surface area contributed by atoms with Crippen LogP contribution >= 0.6 is 11.3 Å². The van der Waals surface area contributed by atoms with Gasteiger partial charge in [-0.25, -0.2) is 0 Å². The number of hydrogen-bond donors (Lipinski definition) is 1. The molecular weight excluding hydrogens is 362 g/mol. The van der Waals surface area contributed by atoms with Gasteiger partial charge >= 0.3 is 0 Å². The summed E-state index contributed by atoms with van der Waals surface area (Å²) in [5, 5.41) is 15.9. The largest absolute Gasteiger partial charge is 0.483 e. The highest BCUT2D eigenvalue weighted by atomic mass is 32.1. The molecule has 0 radical (unpaired) electrons. The van der Waals surface area contributed by atoms with Crippen molar-refractivity contribution in [1.29, 1.82) is 0 Å². The minimum atomic E-state index is -0.271. The summed E-state index contributed by atoms with van der Waals surface area (Å²) in [7, 11) is 0. The van der Waals surface area contributed by atoms with Crippen LogP contribution in [0.5, 0.6) is 5.75 Å². The molecule has 0 aliphatic carbocycles. The molecule has 27 heavy (non-hydrogen) atoms. The zero-order valence-corrected chi connectivity index (χ0v) is 15.4. The molecule has 1 amide bonds. The van der Waals surface area contributed by atoms with E-state index in [0.29, 0.717) is 15.9 Å². The summed E-state index contributed by atoms with van der Waals surface area (Å²) in [5.74, 6) is 1.09. The molecule has 0 aliphatic rings. The molecule has 4 rings (SSSR count). The van der Waals surface area contributed by atoms with Gasteiger partial charge < -0.3 is 4.74 Å². The van der Waals surface area contributed by atoms with E-state index in [9.17, 15) is 4.79 Å².